The summed E-state index contributed by atoms with van der Waals surface area (Å²) in [7, 11) is 1.66. The molecule has 1 atom stereocenters. The molecule has 1 aromatic rings. The molecule has 1 heterocycles. The summed E-state index contributed by atoms with van der Waals surface area (Å²) in [5, 5.41) is 2.42. The van der Waals surface area contributed by atoms with Crippen molar-refractivity contribution in [1.82, 2.24) is 10.2 Å². The zero-order valence-electron chi connectivity index (χ0n) is 13.0. The van der Waals surface area contributed by atoms with Crippen molar-refractivity contribution in [3.8, 4) is 0 Å². The van der Waals surface area contributed by atoms with Crippen LogP contribution < -0.4 is 5.32 Å². The van der Waals surface area contributed by atoms with E-state index in [4.69, 9.17) is 16.3 Å². The minimum absolute atomic E-state index is 0.0129. The summed E-state index contributed by atoms with van der Waals surface area (Å²) in [6, 6.07) is 3.99. The molecular formula is C16H20ClFN2O3. The normalized spacial score (nSPS) is 17.6. The van der Waals surface area contributed by atoms with E-state index in [1.165, 1.54) is 17.0 Å². The minimum Gasteiger partial charge on any atom is -0.376 e. The fourth-order valence-electron chi connectivity index (χ4n) is 2.45. The molecule has 23 heavy (non-hydrogen) atoms. The van der Waals surface area contributed by atoms with Crippen molar-refractivity contribution < 1.29 is 18.7 Å². The van der Waals surface area contributed by atoms with Crippen molar-refractivity contribution in [1.29, 1.82) is 0 Å². The van der Waals surface area contributed by atoms with Crippen LogP contribution in [0, 0.1) is 5.82 Å². The zero-order valence-corrected chi connectivity index (χ0v) is 13.7. The largest absolute Gasteiger partial charge is 0.376 e. The van der Waals surface area contributed by atoms with E-state index in [0.717, 1.165) is 31.9 Å². The number of hydrogen-bond donors (Lipinski definition) is 1. The summed E-state index contributed by atoms with van der Waals surface area (Å²) in [6.45, 7) is 0.983. The summed E-state index contributed by atoms with van der Waals surface area (Å²) in [6.07, 6.45) is 3.10. The topological polar surface area (TPSA) is 58.6 Å². The van der Waals surface area contributed by atoms with Crippen molar-refractivity contribution in [2.24, 2.45) is 0 Å². The monoisotopic (exact) mass is 342 g/mol. The van der Waals surface area contributed by atoms with Gasteiger partial charge in [-0.1, -0.05) is 17.7 Å². The van der Waals surface area contributed by atoms with Crippen molar-refractivity contribution in [2.75, 3.05) is 26.7 Å². The van der Waals surface area contributed by atoms with Gasteiger partial charge in [0.15, 0.2) is 0 Å². The summed E-state index contributed by atoms with van der Waals surface area (Å²) < 4.78 is 19.2. The zero-order chi connectivity index (χ0) is 16.8. The molecule has 2 rings (SSSR count). The number of benzene rings is 1. The van der Waals surface area contributed by atoms with E-state index in [2.05, 4.69) is 5.32 Å². The fourth-order valence-corrected chi connectivity index (χ4v) is 2.70. The number of nitrogens with one attached hydrogen (secondary N) is 1. The molecule has 1 aliphatic rings. The molecule has 1 fully saturated rings. The number of hydrogen-bond acceptors (Lipinski definition) is 3. The highest BCUT2D eigenvalue weighted by molar-refractivity contribution is 6.33. The molecule has 1 saturated heterocycles. The van der Waals surface area contributed by atoms with Gasteiger partial charge in [0.2, 0.25) is 5.91 Å². The number of likely N-dealkylation sites (N-methyl/N-ethyl adjacent to an activating group) is 1. The van der Waals surface area contributed by atoms with Gasteiger partial charge < -0.3 is 15.0 Å². The molecule has 0 spiro atoms. The smallest absolute Gasteiger partial charge is 0.256 e. The van der Waals surface area contributed by atoms with Gasteiger partial charge in [-0.05, 0) is 31.4 Å². The molecule has 1 aliphatic heterocycles. The van der Waals surface area contributed by atoms with Gasteiger partial charge >= 0.3 is 0 Å². The first-order chi connectivity index (χ1) is 11.0. The Morgan fingerprint density at radius 2 is 2.22 bits per heavy atom. The third kappa shape index (κ3) is 4.91. The van der Waals surface area contributed by atoms with E-state index in [1.807, 2.05) is 0 Å². The molecule has 0 bridgehead atoms. The molecule has 2 amide bonds. The van der Waals surface area contributed by atoms with E-state index in [0.29, 0.717) is 6.54 Å². The molecular weight excluding hydrogens is 323 g/mol. The van der Waals surface area contributed by atoms with Gasteiger partial charge in [-0.3, -0.25) is 9.59 Å². The van der Waals surface area contributed by atoms with Crippen molar-refractivity contribution in [2.45, 2.75) is 25.4 Å². The van der Waals surface area contributed by atoms with Crippen LogP contribution in [0.1, 0.15) is 29.6 Å². The standard InChI is InChI=1S/C16H20ClFN2O3/c1-20(10-11-5-2-3-8-23-11)14(21)9-19-16(22)15-12(17)6-4-7-13(15)18/h4,6-7,11H,2-3,5,8-10H2,1H3,(H,19,22)/t11-/m0/s1. The van der Waals surface area contributed by atoms with Crippen molar-refractivity contribution in [3.63, 3.8) is 0 Å². The molecule has 126 valence electrons. The SMILES string of the molecule is CN(C[C@@H]1CCCCO1)C(=O)CNC(=O)c1c(F)cccc1Cl. The highest BCUT2D eigenvalue weighted by atomic mass is 35.5. The maximum absolute atomic E-state index is 13.6. The number of nitrogens with zero attached hydrogens (tertiary/aromatic N) is 1. The Labute approximate surface area is 139 Å². The van der Waals surface area contributed by atoms with Gasteiger partial charge in [-0.25, -0.2) is 4.39 Å². The summed E-state index contributed by atoms with van der Waals surface area (Å²) in [4.78, 5) is 25.5. The summed E-state index contributed by atoms with van der Waals surface area (Å²) in [5.74, 6) is -1.69. The molecule has 0 radical (unpaired) electrons. The van der Waals surface area contributed by atoms with Crippen LogP contribution in [0.5, 0.6) is 0 Å². The number of amides is 2. The molecule has 0 saturated carbocycles. The molecule has 1 aromatic carbocycles. The lowest BCUT2D eigenvalue weighted by Crippen LogP contribution is -2.42. The van der Waals surface area contributed by atoms with Crippen LogP contribution in [0.3, 0.4) is 0 Å². The number of halogens is 2. The second-order valence-corrected chi connectivity index (χ2v) is 5.95. The van der Waals surface area contributed by atoms with Gasteiger partial charge in [0.25, 0.3) is 5.91 Å². The minimum atomic E-state index is -0.716. The predicted molar refractivity (Wildman–Crippen MR) is 85.0 cm³/mol. The third-order valence-electron chi connectivity index (χ3n) is 3.77. The van der Waals surface area contributed by atoms with Gasteiger partial charge in [0.05, 0.1) is 23.2 Å². The summed E-state index contributed by atoms with van der Waals surface area (Å²) >= 11 is 5.82. The quantitative estimate of drug-likeness (QED) is 0.892. The highest BCUT2D eigenvalue weighted by Crippen LogP contribution is 2.18. The van der Waals surface area contributed by atoms with E-state index >= 15 is 0 Å². The lowest BCUT2D eigenvalue weighted by molar-refractivity contribution is -0.131. The van der Waals surface area contributed by atoms with Crippen LogP contribution in [-0.2, 0) is 9.53 Å². The maximum atomic E-state index is 13.6. The molecule has 0 unspecified atom stereocenters. The van der Waals surface area contributed by atoms with Crippen LogP contribution in [0.2, 0.25) is 5.02 Å². The Bertz CT molecular complexity index is 556. The third-order valence-corrected chi connectivity index (χ3v) is 4.08. The molecule has 0 aliphatic carbocycles. The second-order valence-electron chi connectivity index (χ2n) is 5.54. The molecule has 5 nitrogen and oxygen atoms in total. The number of carbonyl (C=O) groups excluding carboxylic acids is 2. The van der Waals surface area contributed by atoms with Gasteiger partial charge in [0, 0.05) is 20.2 Å². The average molecular weight is 343 g/mol. The van der Waals surface area contributed by atoms with Gasteiger partial charge in [-0.2, -0.15) is 0 Å². The van der Waals surface area contributed by atoms with E-state index < -0.39 is 11.7 Å². The first-order valence-electron chi connectivity index (χ1n) is 7.57. The van der Waals surface area contributed by atoms with Crippen LogP contribution in [0.15, 0.2) is 18.2 Å². The first-order valence-corrected chi connectivity index (χ1v) is 7.94. The van der Waals surface area contributed by atoms with Crippen LogP contribution >= 0.6 is 11.6 Å². The van der Waals surface area contributed by atoms with E-state index in [-0.39, 0.29) is 29.1 Å². The Balaban J connectivity index is 1.84. The van der Waals surface area contributed by atoms with Gasteiger partial charge in [0.1, 0.15) is 5.82 Å². The van der Waals surface area contributed by atoms with Crippen LogP contribution in [0.4, 0.5) is 4.39 Å². The highest BCUT2D eigenvalue weighted by Gasteiger charge is 2.20. The number of carbonyl (C=O) groups is 2. The van der Waals surface area contributed by atoms with Crippen molar-refractivity contribution in [3.05, 3.63) is 34.6 Å². The van der Waals surface area contributed by atoms with E-state index in [1.54, 1.807) is 7.05 Å². The van der Waals surface area contributed by atoms with E-state index in [9.17, 15) is 14.0 Å². The molecule has 0 aromatic heterocycles. The Morgan fingerprint density at radius 1 is 1.43 bits per heavy atom. The first kappa shape index (κ1) is 17.7. The lowest BCUT2D eigenvalue weighted by Gasteiger charge is -2.27. The Kier molecular flexibility index (Phi) is 6.36. The van der Waals surface area contributed by atoms with Gasteiger partial charge in [-0.15, -0.1) is 0 Å². The molecule has 7 heteroatoms. The van der Waals surface area contributed by atoms with Crippen LogP contribution in [0.25, 0.3) is 0 Å². The predicted octanol–water partition coefficient (Wildman–Crippen LogP) is 2.24. The van der Waals surface area contributed by atoms with Crippen molar-refractivity contribution >= 4 is 23.4 Å². The fraction of sp³-hybridized carbons (Fsp3) is 0.500. The lowest BCUT2D eigenvalue weighted by atomic mass is 10.1. The number of rotatable bonds is 5. The average Bonchev–Trinajstić information content (AvgIpc) is 2.53. The Hall–Kier alpha value is -1.66. The second kappa shape index (κ2) is 8.26. The number of ether oxygens (including phenoxy) is 1. The Morgan fingerprint density at radius 3 is 2.87 bits per heavy atom. The maximum Gasteiger partial charge on any atom is 0.256 e. The summed E-state index contributed by atoms with van der Waals surface area (Å²) in [5.41, 5.74) is -0.250. The van der Waals surface area contributed by atoms with Crippen LogP contribution in [-0.4, -0.2) is 49.6 Å². The molecule has 1 N–H and O–H groups in total.